The van der Waals surface area contributed by atoms with Gasteiger partial charge in [-0.25, -0.2) is 4.98 Å². The summed E-state index contributed by atoms with van der Waals surface area (Å²) in [6, 6.07) is 4.04. The van der Waals surface area contributed by atoms with Crippen LogP contribution in [0.5, 0.6) is 0 Å². The summed E-state index contributed by atoms with van der Waals surface area (Å²) in [5.41, 5.74) is 1.44. The van der Waals surface area contributed by atoms with E-state index >= 15 is 0 Å². The smallest absolute Gasteiger partial charge is 0.270 e. The van der Waals surface area contributed by atoms with E-state index in [1.807, 2.05) is 22.7 Å². The van der Waals surface area contributed by atoms with Crippen molar-refractivity contribution in [2.45, 2.75) is 18.9 Å². The molecule has 5 nitrogen and oxygen atoms in total. The highest BCUT2D eigenvalue weighted by Gasteiger charge is 2.33. The quantitative estimate of drug-likeness (QED) is 0.901. The molecule has 2 bridgehead atoms. The number of carbonyl (C=O) groups is 1. The van der Waals surface area contributed by atoms with Crippen molar-refractivity contribution in [2.24, 2.45) is 5.92 Å². The summed E-state index contributed by atoms with van der Waals surface area (Å²) in [6.07, 6.45) is 5.97. The standard InChI is InChI=1S/C15H17BrN4O/c16-12-2-4-20-9-17-13(6-14(12)20)15(21)18-11-5-10-1-3-19(7-10)8-11/h2,4,6,9-11H,1,3,5,7-8H2,(H,18,21)/t10?,11-/m1/s1. The average molecular weight is 349 g/mol. The number of rotatable bonds is 2. The third-order valence-corrected chi connectivity index (χ3v) is 5.20. The second-order valence-electron chi connectivity index (χ2n) is 6.05. The van der Waals surface area contributed by atoms with Gasteiger partial charge in [-0.3, -0.25) is 4.79 Å². The molecule has 1 N–H and O–H groups in total. The molecule has 4 rings (SSSR count). The topological polar surface area (TPSA) is 49.6 Å². The van der Waals surface area contributed by atoms with Crippen LogP contribution in [0, 0.1) is 5.92 Å². The van der Waals surface area contributed by atoms with E-state index in [1.165, 1.54) is 19.5 Å². The van der Waals surface area contributed by atoms with Gasteiger partial charge in [0.2, 0.25) is 0 Å². The van der Waals surface area contributed by atoms with Crippen LogP contribution in [0.4, 0.5) is 0 Å². The van der Waals surface area contributed by atoms with Crippen LogP contribution in [0.1, 0.15) is 23.3 Å². The summed E-state index contributed by atoms with van der Waals surface area (Å²) in [7, 11) is 0. The van der Waals surface area contributed by atoms with E-state index in [-0.39, 0.29) is 11.9 Å². The Hall–Kier alpha value is -1.40. The molecule has 110 valence electrons. The lowest BCUT2D eigenvalue weighted by Crippen LogP contribution is -2.47. The molecule has 2 saturated heterocycles. The van der Waals surface area contributed by atoms with E-state index in [4.69, 9.17) is 0 Å². The molecule has 0 aromatic carbocycles. The lowest BCUT2D eigenvalue weighted by Gasteiger charge is -2.30. The van der Waals surface area contributed by atoms with Gasteiger partial charge in [-0.1, -0.05) is 0 Å². The Balaban J connectivity index is 1.52. The van der Waals surface area contributed by atoms with Gasteiger partial charge < -0.3 is 14.6 Å². The molecule has 2 aliphatic rings. The third kappa shape index (κ3) is 2.46. The number of halogens is 1. The maximum Gasteiger partial charge on any atom is 0.270 e. The van der Waals surface area contributed by atoms with Crippen molar-refractivity contribution >= 4 is 27.4 Å². The van der Waals surface area contributed by atoms with Gasteiger partial charge in [0, 0.05) is 29.8 Å². The molecule has 2 aromatic heterocycles. The van der Waals surface area contributed by atoms with E-state index < -0.39 is 0 Å². The Kier molecular flexibility index (Phi) is 3.23. The van der Waals surface area contributed by atoms with Crippen LogP contribution in [0.15, 0.2) is 29.1 Å². The maximum absolute atomic E-state index is 12.4. The van der Waals surface area contributed by atoms with E-state index in [9.17, 15) is 4.79 Å². The van der Waals surface area contributed by atoms with Crippen LogP contribution in [-0.2, 0) is 0 Å². The summed E-state index contributed by atoms with van der Waals surface area (Å²) < 4.78 is 2.87. The Morgan fingerprint density at radius 3 is 3.19 bits per heavy atom. The first kappa shape index (κ1) is 13.3. The first-order valence-electron chi connectivity index (χ1n) is 7.34. The molecular formula is C15H17BrN4O. The zero-order valence-corrected chi connectivity index (χ0v) is 13.2. The SMILES string of the molecule is O=C(N[C@@H]1CC2CCN(C2)C1)c1cc2c(Br)ccn2cn1. The van der Waals surface area contributed by atoms with Crippen molar-refractivity contribution in [1.82, 2.24) is 19.6 Å². The van der Waals surface area contributed by atoms with Gasteiger partial charge in [0.05, 0.1) is 5.52 Å². The van der Waals surface area contributed by atoms with Crippen LogP contribution >= 0.6 is 15.9 Å². The average Bonchev–Trinajstić information content (AvgIpc) is 3.02. The molecule has 2 fully saturated rings. The summed E-state index contributed by atoms with van der Waals surface area (Å²) in [6.45, 7) is 3.35. The van der Waals surface area contributed by atoms with Crippen molar-refractivity contribution in [3.63, 3.8) is 0 Å². The van der Waals surface area contributed by atoms with Crippen LogP contribution < -0.4 is 5.32 Å². The predicted octanol–water partition coefficient (Wildman–Crippen LogP) is 1.92. The summed E-state index contributed by atoms with van der Waals surface area (Å²) >= 11 is 3.49. The monoisotopic (exact) mass is 348 g/mol. The number of fused-ring (bicyclic) bond motifs is 3. The van der Waals surface area contributed by atoms with E-state index in [1.54, 1.807) is 6.33 Å². The highest BCUT2D eigenvalue weighted by atomic mass is 79.9. The van der Waals surface area contributed by atoms with E-state index in [0.29, 0.717) is 5.69 Å². The molecule has 0 spiro atoms. The predicted molar refractivity (Wildman–Crippen MR) is 83.3 cm³/mol. The largest absolute Gasteiger partial charge is 0.347 e. The lowest BCUT2D eigenvalue weighted by atomic mass is 9.97. The Labute approximate surface area is 131 Å². The fourth-order valence-electron chi connectivity index (χ4n) is 3.52. The summed E-state index contributed by atoms with van der Waals surface area (Å²) in [4.78, 5) is 19.1. The minimum atomic E-state index is -0.0712. The van der Waals surface area contributed by atoms with Gasteiger partial charge in [0.15, 0.2) is 0 Å². The van der Waals surface area contributed by atoms with Gasteiger partial charge in [-0.2, -0.15) is 0 Å². The van der Waals surface area contributed by atoms with Gasteiger partial charge >= 0.3 is 0 Å². The molecular weight excluding hydrogens is 332 g/mol. The Morgan fingerprint density at radius 2 is 2.33 bits per heavy atom. The van der Waals surface area contributed by atoms with Crippen molar-refractivity contribution in [3.05, 3.63) is 34.8 Å². The first-order chi connectivity index (χ1) is 10.2. The van der Waals surface area contributed by atoms with Gasteiger partial charge in [-0.15, -0.1) is 0 Å². The highest BCUT2D eigenvalue weighted by molar-refractivity contribution is 9.10. The third-order valence-electron chi connectivity index (χ3n) is 4.53. The second-order valence-corrected chi connectivity index (χ2v) is 6.91. The van der Waals surface area contributed by atoms with Gasteiger partial charge in [0.25, 0.3) is 5.91 Å². The van der Waals surface area contributed by atoms with Crippen molar-refractivity contribution in [2.75, 3.05) is 19.6 Å². The molecule has 2 unspecified atom stereocenters. The number of piperidine rings is 1. The minimum absolute atomic E-state index is 0.0712. The Morgan fingerprint density at radius 1 is 1.43 bits per heavy atom. The number of aromatic nitrogens is 2. The highest BCUT2D eigenvalue weighted by Crippen LogP contribution is 2.27. The van der Waals surface area contributed by atoms with Crippen molar-refractivity contribution in [1.29, 1.82) is 0 Å². The molecule has 21 heavy (non-hydrogen) atoms. The molecule has 0 aliphatic carbocycles. The molecule has 6 heteroatoms. The molecule has 1 amide bonds. The van der Waals surface area contributed by atoms with Gasteiger partial charge in [0.1, 0.15) is 12.0 Å². The Bertz CT molecular complexity index is 686. The van der Waals surface area contributed by atoms with Crippen LogP contribution in [0.2, 0.25) is 0 Å². The second kappa shape index (κ2) is 5.10. The summed E-state index contributed by atoms with van der Waals surface area (Å²) in [5.74, 6) is 0.678. The molecule has 4 heterocycles. The van der Waals surface area contributed by atoms with Crippen LogP contribution in [0.3, 0.4) is 0 Å². The zero-order valence-electron chi connectivity index (χ0n) is 11.6. The fraction of sp³-hybridized carbons (Fsp3) is 0.467. The number of nitrogens with zero attached hydrogens (tertiary/aromatic N) is 3. The van der Waals surface area contributed by atoms with Crippen molar-refractivity contribution in [3.8, 4) is 0 Å². The van der Waals surface area contributed by atoms with E-state index in [0.717, 1.165) is 28.9 Å². The number of amides is 1. The normalized spacial score (nSPS) is 28.0. The molecule has 3 atom stereocenters. The molecule has 0 radical (unpaired) electrons. The minimum Gasteiger partial charge on any atom is -0.347 e. The van der Waals surface area contributed by atoms with Gasteiger partial charge in [-0.05, 0) is 53.4 Å². The fourth-order valence-corrected chi connectivity index (χ4v) is 3.96. The van der Waals surface area contributed by atoms with Crippen LogP contribution in [0.25, 0.3) is 5.52 Å². The van der Waals surface area contributed by atoms with Crippen LogP contribution in [-0.4, -0.2) is 45.9 Å². The molecule has 2 aromatic rings. The summed E-state index contributed by atoms with van der Waals surface area (Å²) in [5, 5.41) is 3.14. The number of hydrogen-bond acceptors (Lipinski definition) is 3. The molecule has 0 saturated carbocycles. The number of hydrogen-bond donors (Lipinski definition) is 1. The van der Waals surface area contributed by atoms with Crippen molar-refractivity contribution < 1.29 is 4.79 Å². The molecule has 2 aliphatic heterocycles. The first-order valence-corrected chi connectivity index (χ1v) is 8.14. The zero-order chi connectivity index (χ0) is 14.4. The number of nitrogens with one attached hydrogen (secondary N) is 1. The lowest BCUT2D eigenvalue weighted by molar-refractivity contribution is 0.0904. The maximum atomic E-state index is 12.4. The number of carbonyl (C=O) groups excluding carboxylic acids is 1. The van der Waals surface area contributed by atoms with E-state index in [2.05, 4.69) is 31.1 Å².